The van der Waals surface area contributed by atoms with Crippen molar-refractivity contribution in [1.29, 1.82) is 0 Å². The third kappa shape index (κ3) is 6.18. The predicted molar refractivity (Wildman–Crippen MR) is 162 cm³/mol. The van der Waals surface area contributed by atoms with Crippen LogP contribution in [0.4, 0.5) is 32.6 Å². The van der Waals surface area contributed by atoms with Gasteiger partial charge in [0.15, 0.2) is 5.60 Å². The smallest absolute Gasteiger partial charge is 0.433 e. The third-order valence-electron chi connectivity index (χ3n) is 8.68. The average molecular weight is 625 g/mol. The van der Waals surface area contributed by atoms with E-state index in [0.29, 0.717) is 24.0 Å². The molecule has 1 aliphatic carbocycles. The standard InChI is InChI=1S/C34H33F5N4O2/c35-33(36,34(37,38)39)23-40-31(44)45-32(27-12-4-2-10-25(27)26-11-3-5-13-28(26)32)17-7-8-18-42-19-21-43(22-20-42)30-16-15-24-9-1-6-14-29(24)41-30/h1-6,9-16H,7-8,17-23H2,(H,40,44). The van der Waals surface area contributed by atoms with E-state index in [-0.39, 0.29) is 0 Å². The summed E-state index contributed by atoms with van der Waals surface area (Å²) in [5.74, 6) is -4.13. The minimum absolute atomic E-state index is 0.338. The number of aromatic nitrogens is 1. The van der Waals surface area contributed by atoms with Gasteiger partial charge in [-0.1, -0.05) is 66.7 Å². The first-order valence-corrected chi connectivity index (χ1v) is 15.0. The molecule has 6 rings (SSSR count). The van der Waals surface area contributed by atoms with E-state index in [9.17, 15) is 26.7 Å². The quantitative estimate of drug-likeness (QED) is 0.156. The Balaban J connectivity index is 1.11. The molecule has 1 amide bonds. The van der Waals surface area contributed by atoms with Gasteiger partial charge in [-0.25, -0.2) is 9.78 Å². The number of benzene rings is 3. The number of carbonyl (C=O) groups is 1. The molecule has 4 aromatic rings. The number of alkyl carbamates (subject to hydrolysis) is 1. The molecule has 0 bridgehead atoms. The Bertz CT molecular complexity index is 1620. The Morgan fingerprint density at radius 2 is 1.42 bits per heavy atom. The minimum atomic E-state index is -5.79. The fourth-order valence-electron chi connectivity index (χ4n) is 6.33. The molecule has 3 aromatic carbocycles. The van der Waals surface area contributed by atoms with Crippen molar-refractivity contribution in [2.45, 2.75) is 37.0 Å². The Morgan fingerprint density at radius 3 is 2.09 bits per heavy atom. The molecule has 1 N–H and O–H groups in total. The van der Waals surface area contributed by atoms with Gasteiger partial charge in [0.05, 0.1) is 12.1 Å². The van der Waals surface area contributed by atoms with E-state index in [1.165, 1.54) is 0 Å². The van der Waals surface area contributed by atoms with Gasteiger partial charge < -0.3 is 15.0 Å². The summed E-state index contributed by atoms with van der Waals surface area (Å²) in [5, 5.41) is 2.77. The van der Waals surface area contributed by atoms with Crippen LogP contribution in [0.3, 0.4) is 0 Å². The van der Waals surface area contributed by atoms with Crippen molar-refractivity contribution < 1.29 is 31.5 Å². The lowest BCUT2D eigenvalue weighted by Crippen LogP contribution is -2.48. The van der Waals surface area contributed by atoms with Gasteiger partial charge in [-0.15, -0.1) is 0 Å². The van der Waals surface area contributed by atoms with E-state index in [1.54, 1.807) is 17.4 Å². The van der Waals surface area contributed by atoms with Crippen molar-refractivity contribution in [2.24, 2.45) is 0 Å². The van der Waals surface area contributed by atoms with Crippen LogP contribution in [0.2, 0.25) is 0 Å². The molecule has 0 saturated carbocycles. The molecule has 1 aliphatic heterocycles. The summed E-state index contributed by atoms with van der Waals surface area (Å²) >= 11 is 0. The SMILES string of the molecule is O=C(NCC(F)(F)C(F)(F)F)OC1(CCCCN2CCN(c3ccc4ccccc4n3)CC2)c2ccccc2-c2ccccc21. The fraction of sp³-hybridized carbons (Fsp3) is 0.353. The molecule has 1 saturated heterocycles. The monoisotopic (exact) mass is 624 g/mol. The Kier molecular flexibility index (Phi) is 8.39. The number of piperazine rings is 1. The number of hydrogen-bond donors (Lipinski definition) is 1. The van der Waals surface area contributed by atoms with E-state index in [0.717, 1.165) is 67.0 Å². The second-order valence-electron chi connectivity index (χ2n) is 11.5. The first-order chi connectivity index (χ1) is 21.6. The van der Waals surface area contributed by atoms with Crippen LogP contribution < -0.4 is 10.2 Å². The van der Waals surface area contributed by atoms with E-state index >= 15 is 0 Å². The highest BCUT2D eigenvalue weighted by molar-refractivity contribution is 5.82. The molecule has 45 heavy (non-hydrogen) atoms. The number of rotatable bonds is 9. The number of unbranched alkanes of at least 4 members (excludes halogenated alkanes) is 1. The summed E-state index contributed by atoms with van der Waals surface area (Å²) in [5.41, 5.74) is 2.66. The molecule has 236 valence electrons. The summed E-state index contributed by atoms with van der Waals surface area (Å²) < 4.78 is 71.2. The van der Waals surface area contributed by atoms with Crippen LogP contribution >= 0.6 is 0 Å². The molecular formula is C34H33F5N4O2. The van der Waals surface area contributed by atoms with E-state index < -0.39 is 30.3 Å². The van der Waals surface area contributed by atoms with Crippen LogP contribution in [0.1, 0.15) is 30.4 Å². The molecule has 1 aromatic heterocycles. The summed E-state index contributed by atoms with van der Waals surface area (Å²) in [6.07, 6.45) is -5.38. The maximum atomic E-state index is 13.6. The number of hydrogen-bond acceptors (Lipinski definition) is 5. The molecule has 1 fully saturated rings. The van der Waals surface area contributed by atoms with Gasteiger partial charge in [0.2, 0.25) is 0 Å². The van der Waals surface area contributed by atoms with E-state index in [2.05, 4.69) is 21.9 Å². The third-order valence-corrected chi connectivity index (χ3v) is 8.68. The Hall–Kier alpha value is -4.25. The van der Waals surface area contributed by atoms with Crippen molar-refractivity contribution >= 4 is 22.8 Å². The van der Waals surface area contributed by atoms with Gasteiger partial charge in [-0.3, -0.25) is 4.90 Å². The number of ether oxygens (including phenoxy) is 1. The maximum Gasteiger partial charge on any atom is 0.455 e. The van der Waals surface area contributed by atoms with Crippen LogP contribution in [-0.2, 0) is 10.3 Å². The number of nitrogens with one attached hydrogen (secondary N) is 1. The molecule has 0 radical (unpaired) electrons. The highest BCUT2D eigenvalue weighted by Gasteiger charge is 2.57. The molecule has 0 spiro atoms. The summed E-state index contributed by atoms with van der Waals surface area (Å²) in [6, 6.07) is 26.9. The summed E-state index contributed by atoms with van der Waals surface area (Å²) in [4.78, 5) is 22.3. The first kappa shape index (κ1) is 30.8. The zero-order chi connectivity index (χ0) is 31.7. The number of anilines is 1. The van der Waals surface area contributed by atoms with Gasteiger partial charge in [-0.2, -0.15) is 22.0 Å². The lowest BCUT2D eigenvalue weighted by molar-refractivity contribution is -0.278. The highest BCUT2D eigenvalue weighted by Crippen LogP contribution is 2.52. The van der Waals surface area contributed by atoms with Gasteiger partial charge in [0.25, 0.3) is 0 Å². The number of pyridine rings is 1. The fourth-order valence-corrected chi connectivity index (χ4v) is 6.33. The number of para-hydroxylation sites is 1. The van der Waals surface area contributed by atoms with Crippen LogP contribution in [0.15, 0.2) is 84.9 Å². The highest BCUT2D eigenvalue weighted by atomic mass is 19.4. The molecule has 0 unspecified atom stereocenters. The van der Waals surface area contributed by atoms with Crippen molar-refractivity contribution in [2.75, 3.05) is 44.2 Å². The van der Waals surface area contributed by atoms with Gasteiger partial charge in [0.1, 0.15) is 5.82 Å². The van der Waals surface area contributed by atoms with Crippen LogP contribution in [0, 0.1) is 0 Å². The van der Waals surface area contributed by atoms with Gasteiger partial charge in [-0.05, 0) is 55.1 Å². The number of alkyl halides is 5. The van der Waals surface area contributed by atoms with E-state index in [4.69, 9.17) is 9.72 Å². The zero-order valence-corrected chi connectivity index (χ0v) is 24.5. The molecule has 11 heteroatoms. The average Bonchev–Trinajstić information content (AvgIpc) is 3.31. The predicted octanol–water partition coefficient (Wildman–Crippen LogP) is 7.38. The number of amides is 1. The summed E-state index contributed by atoms with van der Waals surface area (Å²) in [6.45, 7) is 2.29. The second-order valence-corrected chi connectivity index (χ2v) is 11.5. The van der Waals surface area contributed by atoms with Crippen molar-refractivity contribution in [3.63, 3.8) is 0 Å². The zero-order valence-electron chi connectivity index (χ0n) is 24.5. The minimum Gasteiger partial charge on any atom is -0.433 e. The molecular weight excluding hydrogens is 591 g/mol. The molecule has 6 nitrogen and oxygen atoms in total. The van der Waals surface area contributed by atoms with E-state index in [1.807, 2.05) is 60.7 Å². The van der Waals surface area contributed by atoms with Crippen molar-refractivity contribution in [3.8, 4) is 11.1 Å². The number of fused-ring (bicyclic) bond motifs is 4. The first-order valence-electron chi connectivity index (χ1n) is 15.0. The second kappa shape index (κ2) is 12.3. The molecule has 2 heterocycles. The number of carbonyl (C=O) groups excluding carboxylic acids is 1. The topological polar surface area (TPSA) is 57.7 Å². The number of nitrogens with zero attached hydrogens (tertiary/aromatic N) is 3. The molecule has 2 aliphatic rings. The molecule has 0 atom stereocenters. The summed E-state index contributed by atoms with van der Waals surface area (Å²) in [7, 11) is 0. The van der Waals surface area contributed by atoms with Crippen molar-refractivity contribution in [1.82, 2.24) is 15.2 Å². The van der Waals surface area contributed by atoms with Crippen LogP contribution in [0.5, 0.6) is 0 Å². The lowest BCUT2D eigenvalue weighted by Gasteiger charge is -2.36. The Labute approximate surface area is 257 Å². The Morgan fingerprint density at radius 1 is 0.800 bits per heavy atom. The van der Waals surface area contributed by atoms with Crippen LogP contribution in [-0.4, -0.2) is 67.3 Å². The maximum absolute atomic E-state index is 13.6. The van der Waals surface area contributed by atoms with Gasteiger partial charge >= 0.3 is 18.2 Å². The largest absolute Gasteiger partial charge is 0.455 e. The van der Waals surface area contributed by atoms with Crippen molar-refractivity contribution in [3.05, 3.63) is 96.1 Å². The lowest BCUT2D eigenvalue weighted by atomic mass is 9.86. The van der Waals surface area contributed by atoms with Gasteiger partial charge in [0, 0.05) is 42.7 Å². The normalized spacial score (nSPS) is 16.3. The van der Waals surface area contributed by atoms with Crippen LogP contribution in [0.25, 0.3) is 22.0 Å². The number of halogens is 5.